The molecule has 0 saturated heterocycles. The highest BCUT2D eigenvalue weighted by Crippen LogP contribution is 2.45. The van der Waals surface area contributed by atoms with Crippen molar-refractivity contribution in [1.29, 1.82) is 0 Å². The van der Waals surface area contributed by atoms with Crippen LogP contribution < -0.4 is 0 Å². The van der Waals surface area contributed by atoms with E-state index in [2.05, 4.69) is 58.9 Å². The minimum absolute atomic E-state index is 0.102. The monoisotopic (exact) mass is 1350 g/mol. The highest BCUT2D eigenvalue weighted by molar-refractivity contribution is 7.47. The molecule has 0 bridgehead atoms. The van der Waals surface area contributed by atoms with Gasteiger partial charge in [-0.15, -0.1) is 0 Å². The van der Waals surface area contributed by atoms with Crippen LogP contribution in [0.2, 0.25) is 0 Å². The molecule has 19 heteroatoms. The van der Waals surface area contributed by atoms with E-state index in [0.29, 0.717) is 25.7 Å². The zero-order valence-corrected chi connectivity index (χ0v) is 61.0. The molecule has 542 valence electrons. The summed E-state index contributed by atoms with van der Waals surface area (Å²) in [6.45, 7) is 7.14. The lowest BCUT2D eigenvalue weighted by Gasteiger charge is -2.21. The van der Waals surface area contributed by atoms with Gasteiger partial charge in [0.25, 0.3) is 0 Å². The quantitative estimate of drug-likeness (QED) is 0.0169. The molecule has 0 aromatic carbocycles. The molecule has 0 aliphatic carbocycles. The van der Waals surface area contributed by atoms with Crippen LogP contribution in [0.15, 0.2) is 24.3 Å². The van der Waals surface area contributed by atoms with Crippen LogP contribution in [0.25, 0.3) is 0 Å². The third-order valence-corrected chi connectivity index (χ3v) is 18.7. The number of carbonyl (C=O) groups is 4. The van der Waals surface area contributed by atoms with Crippen molar-refractivity contribution in [3.63, 3.8) is 0 Å². The van der Waals surface area contributed by atoms with Crippen molar-refractivity contribution >= 4 is 39.5 Å². The van der Waals surface area contributed by atoms with Gasteiger partial charge < -0.3 is 33.8 Å². The maximum Gasteiger partial charge on any atom is 0.472 e. The topological polar surface area (TPSA) is 237 Å². The normalized spacial score (nSPS) is 14.5. The molecule has 0 fully saturated rings. The largest absolute Gasteiger partial charge is 0.472 e. The molecule has 0 aromatic rings. The Hall–Kier alpha value is -2.46. The maximum absolute atomic E-state index is 13.0. The third kappa shape index (κ3) is 64.9. The van der Waals surface area contributed by atoms with Gasteiger partial charge in [0.2, 0.25) is 0 Å². The third-order valence-electron chi connectivity index (χ3n) is 16.8. The number of ether oxygens (including phenoxy) is 4. The highest BCUT2D eigenvalue weighted by atomic mass is 31.2. The van der Waals surface area contributed by atoms with Gasteiger partial charge in [-0.1, -0.05) is 303 Å². The fourth-order valence-electron chi connectivity index (χ4n) is 10.6. The Bertz CT molecular complexity index is 1870. The maximum atomic E-state index is 13.0. The summed E-state index contributed by atoms with van der Waals surface area (Å²) in [4.78, 5) is 72.4. The SMILES string of the molecule is CCCCCC/C=C\C=C/CCCCCCCC(=O)OC[C@H](COP(=O)(O)OC[C@@H](O)COP(=O)(O)OC[C@@H](COC(=O)CCCCCCC)OC(=O)CCCCCCCCCCCCC(C)CC)OC(=O)CCCCCCCCCCCCCCCCCCCC. The van der Waals surface area contributed by atoms with Crippen molar-refractivity contribution in [3.8, 4) is 0 Å². The van der Waals surface area contributed by atoms with Crippen LogP contribution in [-0.2, 0) is 65.4 Å². The van der Waals surface area contributed by atoms with Crippen LogP contribution in [0.3, 0.4) is 0 Å². The summed E-state index contributed by atoms with van der Waals surface area (Å²) in [6.07, 6.45) is 56.6. The number of aliphatic hydroxyl groups is 1. The molecule has 0 rings (SSSR count). The molecule has 0 aromatic heterocycles. The molecule has 0 radical (unpaired) electrons. The van der Waals surface area contributed by atoms with Crippen molar-refractivity contribution in [3.05, 3.63) is 24.3 Å². The lowest BCUT2D eigenvalue weighted by molar-refractivity contribution is -0.161. The van der Waals surface area contributed by atoms with Crippen LogP contribution in [0.5, 0.6) is 0 Å². The summed E-state index contributed by atoms with van der Waals surface area (Å²) in [6, 6.07) is 0. The van der Waals surface area contributed by atoms with Gasteiger partial charge in [-0.2, -0.15) is 0 Å². The fourth-order valence-corrected chi connectivity index (χ4v) is 12.2. The summed E-state index contributed by atoms with van der Waals surface area (Å²) < 4.78 is 68.2. The molecule has 0 aliphatic heterocycles. The molecule has 0 amide bonds. The van der Waals surface area contributed by atoms with Crippen LogP contribution in [-0.4, -0.2) is 96.7 Å². The molecule has 0 saturated carbocycles. The average molecular weight is 1350 g/mol. The van der Waals surface area contributed by atoms with Crippen LogP contribution in [0.1, 0.15) is 356 Å². The van der Waals surface area contributed by atoms with Gasteiger partial charge in [-0.3, -0.25) is 37.3 Å². The number of hydrogen-bond donors (Lipinski definition) is 3. The Morgan fingerprint density at radius 3 is 0.924 bits per heavy atom. The van der Waals surface area contributed by atoms with Gasteiger partial charge in [-0.25, -0.2) is 9.13 Å². The predicted molar refractivity (Wildman–Crippen MR) is 372 cm³/mol. The number of allylic oxidation sites excluding steroid dienone is 4. The summed E-state index contributed by atoms with van der Waals surface area (Å²) in [5, 5.41) is 10.6. The first-order chi connectivity index (χ1) is 44.6. The summed E-state index contributed by atoms with van der Waals surface area (Å²) in [7, 11) is -9.91. The molecule has 6 atom stereocenters. The molecular weight excluding hydrogens is 1210 g/mol. The second-order valence-corrected chi connectivity index (χ2v) is 28.8. The second kappa shape index (κ2) is 65.8. The van der Waals surface area contributed by atoms with E-state index in [1.807, 2.05) is 0 Å². The summed E-state index contributed by atoms with van der Waals surface area (Å²) in [5.41, 5.74) is 0. The zero-order chi connectivity index (χ0) is 67.7. The smallest absolute Gasteiger partial charge is 0.462 e. The molecule has 3 unspecified atom stereocenters. The molecule has 92 heavy (non-hydrogen) atoms. The van der Waals surface area contributed by atoms with Gasteiger partial charge in [0.05, 0.1) is 26.4 Å². The van der Waals surface area contributed by atoms with E-state index in [-0.39, 0.29) is 25.7 Å². The first kappa shape index (κ1) is 89.5. The molecule has 17 nitrogen and oxygen atoms in total. The Morgan fingerprint density at radius 2 is 0.609 bits per heavy atom. The zero-order valence-electron chi connectivity index (χ0n) is 59.2. The Labute approximate surface area is 561 Å². The van der Waals surface area contributed by atoms with E-state index in [1.54, 1.807) is 0 Å². The van der Waals surface area contributed by atoms with E-state index in [1.165, 1.54) is 154 Å². The molecule has 0 aliphatic rings. The number of aliphatic hydroxyl groups excluding tert-OH is 1. The number of phosphoric ester groups is 2. The molecule has 0 spiro atoms. The number of carbonyl (C=O) groups excluding carboxylic acids is 4. The van der Waals surface area contributed by atoms with Crippen molar-refractivity contribution in [2.24, 2.45) is 5.92 Å². The van der Waals surface area contributed by atoms with E-state index < -0.39 is 97.5 Å². The lowest BCUT2D eigenvalue weighted by atomic mass is 9.99. The van der Waals surface area contributed by atoms with Crippen molar-refractivity contribution in [2.75, 3.05) is 39.6 Å². The van der Waals surface area contributed by atoms with E-state index in [9.17, 15) is 43.2 Å². The number of esters is 4. The predicted octanol–water partition coefficient (Wildman–Crippen LogP) is 20.9. The van der Waals surface area contributed by atoms with E-state index in [4.69, 9.17) is 37.0 Å². The van der Waals surface area contributed by atoms with Gasteiger partial charge in [0.15, 0.2) is 12.2 Å². The minimum Gasteiger partial charge on any atom is -0.462 e. The highest BCUT2D eigenvalue weighted by Gasteiger charge is 2.30. The van der Waals surface area contributed by atoms with Gasteiger partial charge in [-0.05, 0) is 57.3 Å². The number of unbranched alkanes of at least 4 members (excludes halogenated alkanes) is 39. The summed E-state index contributed by atoms with van der Waals surface area (Å²) in [5.74, 6) is -1.36. The Balaban J connectivity index is 5.19. The first-order valence-electron chi connectivity index (χ1n) is 37.5. The number of phosphoric acid groups is 2. The Morgan fingerprint density at radius 1 is 0.348 bits per heavy atom. The van der Waals surface area contributed by atoms with Crippen molar-refractivity contribution in [1.82, 2.24) is 0 Å². The number of rotatable bonds is 71. The second-order valence-electron chi connectivity index (χ2n) is 25.9. The van der Waals surface area contributed by atoms with E-state index >= 15 is 0 Å². The van der Waals surface area contributed by atoms with Crippen molar-refractivity contribution in [2.45, 2.75) is 374 Å². The van der Waals surface area contributed by atoms with Crippen LogP contribution in [0, 0.1) is 5.92 Å². The van der Waals surface area contributed by atoms with Crippen molar-refractivity contribution < 1.29 is 80.2 Å². The Kier molecular flexibility index (Phi) is 64.0. The van der Waals surface area contributed by atoms with Crippen LogP contribution in [0.4, 0.5) is 0 Å². The molecule has 0 heterocycles. The van der Waals surface area contributed by atoms with E-state index in [0.717, 1.165) is 121 Å². The fraction of sp³-hybridized carbons (Fsp3) is 0.890. The minimum atomic E-state index is -4.96. The molecule has 3 N–H and O–H groups in total. The standard InChI is InChI=1S/C73H138O17P2/c1-6-10-13-16-18-20-22-24-26-27-28-30-32-34-39-43-48-53-58-73(78)90-69(63-84-71(76)57-52-47-42-38-33-31-29-25-23-21-19-17-14-11-7-2)65-88-92(81,82)86-61-67(74)60-85-91(79,80)87-64-68(62-83-70(75)56-51-45-15-12-8-3)89-72(77)59-54-49-44-40-36-35-37-41-46-50-55-66(5)9-4/h21,23,25,29,66-69,74H,6-20,22,24,26-28,30-65H2,1-5H3,(H,79,80)(H,81,82)/b23-21-,29-25-/t66?,67-,68+,69+/m0/s1. The lowest BCUT2D eigenvalue weighted by Crippen LogP contribution is -2.30. The summed E-state index contributed by atoms with van der Waals surface area (Å²) >= 11 is 0. The number of hydrogen-bond acceptors (Lipinski definition) is 15. The van der Waals surface area contributed by atoms with Crippen LogP contribution >= 0.6 is 15.6 Å². The van der Waals surface area contributed by atoms with Gasteiger partial charge in [0, 0.05) is 25.7 Å². The average Bonchev–Trinajstić information content (AvgIpc) is 2.33. The molecular formula is C73H138O17P2. The first-order valence-corrected chi connectivity index (χ1v) is 40.5. The van der Waals surface area contributed by atoms with Gasteiger partial charge >= 0.3 is 39.5 Å². The van der Waals surface area contributed by atoms with Gasteiger partial charge in [0.1, 0.15) is 19.3 Å².